The summed E-state index contributed by atoms with van der Waals surface area (Å²) in [5.41, 5.74) is 4.59. The lowest BCUT2D eigenvalue weighted by Gasteiger charge is -2.01. The highest BCUT2D eigenvalue weighted by Crippen LogP contribution is 2.14. The molecule has 78 valence electrons. The van der Waals surface area contributed by atoms with E-state index in [9.17, 15) is 0 Å². The average molecular weight is 199 g/mol. The van der Waals surface area contributed by atoms with E-state index in [2.05, 4.69) is 49.7 Å². The van der Waals surface area contributed by atoms with Crippen LogP contribution in [0.5, 0.6) is 0 Å². The van der Waals surface area contributed by atoms with Gasteiger partial charge in [-0.15, -0.1) is 0 Å². The van der Waals surface area contributed by atoms with E-state index in [1.165, 1.54) is 16.7 Å². The van der Waals surface area contributed by atoms with Gasteiger partial charge in [-0.05, 0) is 38.0 Å². The summed E-state index contributed by atoms with van der Waals surface area (Å²) in [4.78, 5) is 4.29. The number of hydrogen-bond donors (Lipinski definition) is 0. The molecular formula is C14H17N. The maximum absolute atomic E-state index is 4.29. The Morgan fingerprint density at radius 3 is 2.67 bits per heavy atom. The van der Waals surface area contributed by atoms with Crippen molar-refractivity contribution in [1.82, 2.24) is 0 Å². The second-order valence-electron chi connectivity index (χ2n) is 3.66. The lowest BCUT2D eigenvalue weighted by atomic mass is 10.1. The molecule has 0 N–H and O–H groups in total. The number of nitrogens with zero attached hydrogens (tertiary/aromatic N) is 1. The molecule has 0 aromatic heterocycles. The lowest BCUT2D eigenvalue weighted by Crippen LogP contribution is -1.83. The monoisotopic (exact) mass is 199 g/mol. The van der Waals surface area contributed by atoms with E-state index in [0.29, 0.717) is 0 Å². The maximum Gasteiger partial charge on any atom is 0.0366 e. The number of allylic oxidation sites excluding steroid dienone is 2. The van der Waals surface area contributed by atoms with Gasteiger partial charge >= 0.3 is 0 Å². The molecule has 0 spiro atoms. The highest BCUT2D eigenvalue weighted by atomic mass is 14.7. The molecule has 0 saturated carbocycles. The highest BCUT2D eigenvalue weighted by molar-refractivity contribution is 5.93. The number of aryl methyl sites for hydroxylation is 1. The zero-order chi connectivity index (χ0) is 11.3. The summed E-state index contributed by atoms with van der Waals surface area (Å²) in [6.45, 7) is 9.76. The molecule has 0 aliphatic rings. The van der Waals surface area contributed by atoms with Crippen molar-refractivity contribution < 1.29 is 0 Å². The van der Waals surface area contributed by atoms with Crippen molar-refractivity contribution in [3.8, 4) is 0 Å². The van der Waals surface area contributed by atoms with Crippen LogP contribution >= 0.6 is 0 Å². The average Bonchev–Trinajstić information content (AvgIpc) is 2.25. The minimum Gasteiger partial charge on any atom is -0.261 e. The van der Waals surface area contributed by atoms with E-state index in [1.807, 2.05) is 13.1 Å². The Hall–Kier alpha value is -1.63. The Bertz CT molecular complexity index is 411. The summed E-state index contributed by atoms with van der Waals surface area (Å²) in [6.07, 6.45) is 3.63. The largest absolute Gasteiger partial charge is 0.261 e. The summed E-state index contributed by atoms with van der Waals surface area (Å²) < 4.78 is 0. The van der Waals surface area contributed by atoms with Crippen molar-refractivity contribution in [3.63, 3.8) is 0 Å². The Kier molecular flexibility index (Phi) is 4.04. The third-order valence-corrected chi connectivity index (χ3v) is 2.23. The van der Waals surface area contributed by atoms with Gasteiger partial charge in [-0.3, -0.25) is 4.99 Å². The summed E-state index contributed by atoms with van der Waals surface area (Å²) in [5.74, 6) is 0. The third-order valence-electron chi connectivity index (χ3n) is 2.23. The van der Waals surface area contributed by atoms with Gasteiger partial charge in [0.1, 0.15) is 0 Å². The van der Waals surface area contributed by atoms with Crippen LogP contribution in [0.15, 0.2) is 48.1 Å². The topological polar surface area (TPSA) is 12.4 Å². The molecule has 0 radical (unpaired) electrons. The molecule has 0 aliphatic heterocycles. The molecule has 1 nitrogen and oxygen atoms in total. The van der Waals surface area contributed by atoms with Gasteiger partial charge in [-0.25, -0.2) is 0 Å². The normalized spacial score (nSPS) is 12.7. The molecule has 0 heterocycles. The van der Waals surface area contributed by atoms with Crippen LogP contribution in [0, 0.1) is 6.92 Å². The van der Waals surface area contributed by atoms with Gasteiger partial charge in [-0.1, -0.05) is 36.4 Å². The molecule has 1 aromatic carbocycles. The summed E-state index contributed by atoms with van der Waals surface area (Å²) in [7, 11) is 0. The SMILES string of the molecule is C=CC(C)=N/C=C(\C)c1cccc(C)c1. The Morgan fingerprint density at radius 1 is 1.33 bits per heavy atom. The first-order valence-corrected chi connectivity index (χ1v) is 5.04. The first-order valence-electron chi connectivity index (χ1n) is 5.04. The van der Waals surface area contributed by atoms with Gasteiger partial charge in [0, 0.05) is 11.9 Å². The highest BCUT2D eigenvalue weighted by Gasteiger charge is 1.94. The van der Waals surface area contributed by atoms with E-state index < -0.39 is 0 Å². The van der Waals surface area contributed by atoms with E-state index in [0.717, 1.165) is 5.71 Å². The number of benzene rings is 1. The standard InChI is InChI=1S/C14H17N/c1-5-13(4)15-10-12(3)14-8-6-7-11(2)9-14/h5-10H,1H2,2-4H3/b12-10+,15-13?. The van der Waals surface area contributed by atoms with Gasteiger partial charge in [-0.2, -0.15) is 0 Å². The van der Waals surface area contributed by atoms with Crippen LogP contribution in [-0.4, -0.2) is 5.71 Å². The lowest BCUT2D eigenvalue weighted by molar-refractivity contribution is 1.42. The molecule has 1 heteroatoms. The fourth-order valence-electron chi connectivity index (χ4n) is 1.22. The molecule has 0 aliphatic carbocycles. The van der Waals surface area contributed by atoms with E-state index >= 15 is 0 Å². The third kappa shape index (κ3) is 3.55. The molecule has 0 unspecified atom stereocenters. The molecule has 0 amide bonds. The first kappa shape index (κ1) is 11.4. The van der Waals surface area contributed by atoms with Crippen LogP contribution in [0.2, 0.25) is 0 Å². The molecular weight excluding hydrogens is 182 g/mol. The van der Waals surface area contributed by atoms with Gasteiger partial charge < -0.3 is 0 Å². The van der Waals surface area contributed by atoms with Crippen LogP contribution in [-0.2, 0) is 0 Å². The fourth-order valence-corrected chi connectivity index (χ4v) is 1.22. The van der Waals surface area contributed by atoms with Crippen molar-refractivity contribution in [1.29, 1.82) is 0 Å². The van der Waals surface area contributed by atoms with E-state index in [1.54, 1.807) is 6.08 Å². The summed E-state index contributed by atoms with van der Waals surface area (Å²) in [5, 5.41) is 0. The first-order chi connectivity index (χ1) is 7.13. The van der Waals surface area contributed by atoms with Crippen LogP contribution in [0.3, 0.4) is 0 Å². The zero-order valence-electron chi connectivity index (χ0n) is 9.62. The van der Waals surface area contributed by atoms with Crippen LogP contribution in [0.4, 0.5) is 0 Å². The fraction of sp³-hybridized carbons (Fsp3) is 0.214. The van der Waals surface area contributed by atoms with Crippen LogP contribution < -0.4 is 0 Å². The van der Waals surface area contributed by atoms with Gasteiger partial charge in [0.05, 0.1) is 0 Å². The summed E-state index contributed by atoms with van der Waals surface area (Å²) >= 11 is 0. The molecule has 0 fully saturated rings. The Morgan fingerprint density at radius 2 is 2.07 bits per heavy atom. The second kappa shape index (κ2) is 5.30. The van der Waals surface area contributed by atoms with Crippen LogP contribution in [0.25, 0.3) is 5.57 Å². The predicted octanol–water partition coefficient (Wildman–Crippen LogP) is 4.00. The van der Waals surface area contributed by atoms with Crippen molar-refractivity contribution in [2.24, 2.45) is 4.99 Å². The van der Waals surface area contributed by atoms with Gasteiger partial charge in [0.25, 0.3) is 0 Å². The molecule has 0 atom stereocenters. The Labute approximate surface area is 91.9 Å². The number of rotatable bonds is 3. The number of hydrogen-bond acceptors (Lipinski definition) is 1. The maximum atomic E-state index is 4.29. The predicted molar refractivity (Wildman–Crippen MR) is 68.1 cm³/mol. The zero-order valence-corrected chi connectivity index (χ0v) is 9.62. The smallest absolute Gasteiger partial charge is 0.0366 e. The van der Waals surface area contributed by atoms with Crippen molar-refractivity contribution in [3.05, 3.63) is 54.2 Å². The van der Waals surface area contributed by atoms with Gasteiger partial charge in [0.2, 0.25) is 0 Å². The Balaban J connectivity index is 2.94. The quantitative estimate of drug-likeness (QED) is 0.652. The van der Waals surface area contributed by atoms with Crippen molar-refractivity contribution >= 4 is 11.3 Å². The van der Waals surface area contributed by atoms with Crippen molar-refractivity contribution in [2.75, 3.05) is 0 Å². The molecule has 1 aromatic rings. The van der Waals surface area contributed by atoms with Crippen molar-refractivity contribution in [2.45, 2.75) is 20.8 Å². The minimum atomic E-state index is 0.932. The van der Waals surface area contributed by atoms with E-state index in [-0.39, 0.29) is 0 Å². The molecule has 0 bridgehead atoms. The van der Waals surface area contributed by atoms with Crippen LogP contribution in [0.1, 0.15) is 25.0 Å². The second-order valence-corrected chi connectivity index (χ2v) is 3.66. The number of aliphatic imine (C=N–C) groups is 1. The van der Waals surface area contributed by atoms with Gasteiger partial charge in [0.15, 0.2) is 0 Å². The molecule has 0 saturated heterocycles. The molecule has 1 rings (SSSR count). The summed E-state index contributed by atoms with van der Waals surface area (Å²) in [6, 6.07) is 8.41. The molecule has 15 heavy (non-hydrogen) atoms. The van der Waals surface area contributed by atoms with E-state index in [4.69, 9.17) is 0 Å². The minimum absolute atomic E-state index is 0.932.